The lowest BCUT2D eigenvalue weighted by atomic mass is 10.0. The molecule has 0 aliphatic rings. The lowest BCUT2D eigenvalue weighted by molar-refractivity contribution is -0.120. The molecule has 0 radical (unpaired) electrons. The van der Waals surface area contributed by atoms with Crippen LogP contribution in [0.15, 0.2) is 82.5 Å². The zero-order valence-corrected chi connectivity index (χ0v) is 18.5. The van der Waals surface area contributed by atoms with Crippen LogP contribution in [0.1, 0.15) is 17.5 Å². The van der Waals surface area contributed by atoms with Gasteiger partial charge in [0.15, 0.2) is 5.76 Å². The minimum Gasteiger partial charge on any atom is -0.494 e. The van der Waals surface area contributed by atoms with Crippen LogP contribution < -0.4 is 15.5 Å². The largest absolute Gasteiger partial charge is 0.494 e. The summed E-state index contributed by atoms with van der Waals surface area (Å²) in [5.41, 5.74) is 5.84. The van der Waals surface area contributed by atoms with Gasteiger partial charge in [-0.3, -0.25) is 4.79 Å². The normalized spacial score (nSPS) is 11.2. The fraction of sp³-hybridized carbons (Fsp3) is 0.192. The number of pyridine rings is 1. The molecule has 0 saturated carbocycles. The number of hydrazone groups is 1. The zero-order chi connectivity index (χ0) is 22.9. The standard InChI is InChI=1S/C26H26N4O3/c1-27-13-5-15-32-21-11-9-19(10-12-21)18-28-30-26(31)17-20-16-24(25-8-4-14-33-25)29-23-7-3-2-6-22(20)23/h2-4,6-12,14,16,18,27H,5,13,15,17H2,1H3,(H,30,31)/b28-18+. The Morgan fingerprint density at radius 2 is 1.97 bits per heavy atom. The van der Waals surface area contributed by atoms with Gasteiger partial charge in [0.1, 0.15) is 11.4 Å². The number of hydrogen-bond donors (Lipinski definition) is 2. The highest BCUT2D eigenvalue weighted by Crippen LogP contribution is 2.25. The van der Waals surface area contributed by atoms with Crippen LogP contribution in [0.25, 0.3) is 22.4 Å². The van der Waals surface area contributed by atoms with Crippen molar-refractivity contribution < 1.29 is 13.9 Å². The van der Waals surface area contributed by atoms with Crippen molar-refractivity contribution in [3.05, 3.63) is 84.1 Å². The third kappa shape index (κ3) is 6.05. The highest BCUT2D eigenvalue weighted by atomic mass is 16.5. The van der Waals surface area contributed by atoms with E-state index in [-0.39, 0.29) is 12.3 Å². The number of para-hydroxylation sites is 1. The molecule has 0 spiro atoms. The van der Waals surface area contributed by atoms with Crippen LogP contribution in [0.4, 0.5) is 0 Å². The van der Waals surface area contributed by atoms with E-state index in [2.05, 4.69) is 20.8 Å². The topological polar surface area (TPSA) is 88.8 Å². The van der Waals surface area contributed by atoms with E-state index in [0.29, 0.717) is 18.1 Å². The Morgan fingerprint density at radius 3 is 2.76 bits per heavy atom. The summed E-state index contributed by atoms with van der Waals surface area (Å²) in [5.74, 6) is 1.26. The number of nitrogens with one attached hydrogen (secondary N) is 2. The molecular formula is C26H26N4O3. The SMILES string of the molecule is CNCCCOc1ccc(/C=N/NC(=O)Cc2cc(-c3ccco3)nc3ccccc23)cc1. The number of amides is 1. The Hall–Kier alpha value is -3.97. The highest BCUT2D eigenvalue weighted by Gasteiger charge is 2.12. The fourth-order valence-corrected chi connectivity index (χ4v) is 3.42. The first-order chi connectivity index (χ1) is 16.2. The molecule has 168 valence electrons. The second kappa shape index (κ2) is 11.1. The van der Waals surface area contributed by atoms with Crippen molar-refractivity contribution in [1.82, 2.24) is 15.7 Å². The van der Waals surface area contributed by atoms with Gasteiger partial charge in [-0.1, -0.05) is 18.2 Å². The van der Waals surface area contributed by atoms with Crippen LogP contribution in [0, 0.1) is 0 Å². The average molecular weight is 443 g/mol. The monoisotopic (exact) mass is 442 g/mol. The van der Waals surface area contributed by atoms with Crippen molar-refractivity contribution in [3.63, 3.8) is 0 Å². The van der Waals surface area contributed by atoms with Crippen molar-refractivity contribution >= 4 is 23.0 Å². The van der Waals surface area contributed by atoms with Gasteiger partial charge in [-0.25, -0.2) is 10.4 Å². The molecule has 4 aromatic rings. The maximum Gasteiger partial charge on any atom is 0.244 e. The fourth-order valence-electron chi connectivity index (χ4n) is 3.42. The molecule has 2 aromatic carbocycles. The lowest BCUT2D eigenvalue weighted by Gasteiger charge is -2.08. The number of carbonyl (C=O) groups is 1. The van der Waals surface area contributed by atoms with Crippen molar-refractivity contribution in [2.24, 2.45) is 5.10 Å². The summed E-state index contributed by atoms with van der Waals surface area (Å²) in [6.07, 6.45) is 4.34. The van der Waals surface area contributed by atoms with E-state index < -0.39 is 0 Å². The number of carbonyl (C=O) groups excluding carboxylic acids is 1. The third-order valence-corrected chi connectivity index (χ3v) is 5.05. The van der Waals surface area contributed by atoms with Crippen LogP contribution >= 0.6 is 0 Å². The van der Waals surface area contributed by atoms with E-state index in [1.54, 1.807) is 12.5 Å². The molecule has 0 saturated heterocycles. The zero-order valence-electron chi connectivity index (χ0n) is 18.5. The molecule has 0 atom stereocenters. The summed E-state index contributed by atoms with van der Waals surface area (Å²) in [4.78, 5) is 17.2. The predicted octanol–water partition coefficient (Wildman–Crippen LogP) is 4.18. The Labute approximate surface area is 192 Å². The van der Waals surface area contributed by atoms with Crippen molar-refractivity contribution in [2.75, 3.05) is 20.2 Å². The Balaban J connectivity index is 1.38. The van der Waals surface area contributed by atoms with E-state index >= 15 is 0 Å². The summed E-state index contributed by atoms with van der Waals surface area (Å²) in [5, 5.41) is 8.12. The van der Waals surface area contributed by atoms with E-state index in [9.17, 15) is 4.79 Å². The molecule has 0 aliphatic carbocycles. The summed E-state index contributed by atoms with van der Waals surface area (Å²) in [6, 6.07) is 20.9. The molecular weight excluding hydrogens is 416 g/mol. The number of furan rings is 1. The number of benzene rings is 2. The van der Waals surface area contributed by atoms with Gasteiger partial charge in [-0.2, -0.15) is 5.10 Å². The maximum absolute atomic E-state index is 12.6. The van der Waals surface area contributed by atoms with Crippen molar-refractivity contribution in [3.8, 4) is 17.2 Å². The summed E-state index contributed by atoms with van der Waals surface area (Å²) < 4.78 is 11.2. The first kappa shape index (κ1) is 22.2. The molecule has 4 rings (SSSR count). The molecule has 2 aromatic heterocycles. The smallest absolute Gasteiger partial charge is 0.244 e. The molecule has 0 bridgehead atoms. The minimum atomic E-state index is -0.211. The quantitative estimate of drug-likeness (QED) is 0.219. The van der Waals surface area contributed by atoms with Gasteiger partial charge in [-0.05, 0) is 79.7 Å². The second-order valence-electron chi connectivity index (χ2n) is 7.51. The molecule has 7 heteroatoms. The number of aromatic nitrogens is 1. The van der Waals surface area contributed by atoms with Gasteiger partial charge in [0.05, 0.1) is 31.0 Å². The van der Waals surface area contributed by atoms with E-state index in [0.717, 1.165) is 40.7 Å². The number of nitrogens with zero attached hydrogens (tertiary/aromatic N) is 2. The maximum atomic E-state index is 12.6. The number of ether oxygens (including phenoxy) is 1. The number of hydrogen-bond acceptors (Lipinski definition) is 6. The second-order valence-corrected chi connectivity index (χ2v) is 7.51. The highest BCUT2D eigenvalue weighted by molar-refractivity contribution is 5.90. The van der Waals surface area contributed by atoms with Gasteiger partial charge >= 0.3 is 0 Å². The first-order valence-corrected chi connectivity index (χ1v) is 10.8. The minimum absolute atomic E-state index is 0.174. The van der Waals surface area contributed by atoms with Crippen LogP contribution in [-0.2, 0) is 11.2 Å². The summed E-state index contributed by atoms with van der Waals surface area (Å²) in [7, 11) is 1.92. The molecule has 33 heavy (non-hydrogen) atoms. The third-order valence-electron chi connectivity index (χ3n) is 5.05. The van der Waals surface area contributed by atoms with Gasteiger partial charge in [0, 0.05) is 5.39 Å². The van der Waals surface area contributed by atoms with Gasteiger partial charge in [0.25, 0.3) is 0 Å². The van der Waals surface area contributed by atoms with Crippen LogP contribution in [-0.4, -0.2) is 37.3 Å². The number of fused-ring (bicyclic) bond motifs is 1. The number of rotatable bonds is 10. The average Bonchev–Trinajstić information content (AvgIpc) is 3.38. The van der Waals surface area contributed by atoms with E-state index in [1.165, 1.54) is 0 Å². The molecule has 1 amide bonds. The van der Waals surface area contributed by atoms with Crippen molar-refractivity contribution in [1.29, 1.82) is 0 Å². The van der Waals surface area contributed by atoms with Gasteiger partial charge in [0.2, 0.25) is 5.91 Å². The molecule has 2 heterocycles. The Kier molecular flexibility index (Phi) is 7.45. The van der Waals surface area contributed by atoms with Crippen LogP contribution in [0.2, 0.25) is 0 Å². The molecule has 7 nitrogen and oxygen atoms in total. The van der Waals surface area contributed by atoms with Gasteiger partial charge < -0.3 is 14.5 Å². The van der Waals surface area contributed by atoms with Crippen molar-refractivity contribution in [2.45, 2.75) is 12.8 Å². The Morgan fingerprint density at radius 1 is 1.12 bits per heavy atom. The van der Waals surface area contributed by atoms with Crippen LogP contribution in [0.3, 0.4) is 0 Å². The Bertz CT molecular complexity index is 1220. The molecule has 2 N–H and O–H groups in total. The van der Waals surface area contributed by atoms with Crippen LogP contribution in [0.5, 0.6) is 5.75 Å². The predicted molar refractivity (Wildman–Crippen MR) is 129 cm³/mol. The summed E-state index contributed by atoms with van der Waals surface area (Å²) >= 11 is 0. The lowest BCUT2D eigenvalue weighted by Crippen LogP contribution is -2.20. The first-order valence-electron chi connectivity index (χ1n) is 10.8. The summed E-state index contributed by atoms with van der Waals surface area (Å²) in [6.45, 7) is 1.58. The molecule has 0 aliphatic heterocycles. The van der Waals surface area contributed by atoms with E-state index in [1.807, 2.05) is 73.8 Å². The van der Waals surface area contributed by atoms with E-state index in [4.69, 9.17) is 9.15 Å². The molecule has 0 unspecified atom stereocenters. The van der Waals surface area contributed by atoms with Gasteiger partial charge in [-0.15, -0.1) is 0 Å². The molecule has 0 fully saturated rings.